The quantitative estimate of drug-likeness (QED) is 0.104. The van der Waals surface area contributed by atoms with Gasteiger partial charge < -0.3 is 25.3 Å². The molecule has 1 heterocycles. The zero-order chi connectivity index (χ0) is 27.5. The van der Waals surface area contributed by atoms with Crippen LogP contribution in [0, 0.1) is 11.8 Å². The van der Waals surface area contributed by atoms with Gasteiger partial charge in [-0.15, -0.1) is 11.8 Å². The van der Waals surface area contributed by atoms with E-state index in [1.54, 1.807) is 37.1 Å². The van der Waals surface area contributed by atoms with E-state index in [9.17, 15) is 18.0 Å². The van der Waals surface area contributed by atoms with Gasteiger partial charge in [0.2, 0.25) is 6.41 Å². The number of fused-ring (bicyclic) bond motifs is 1. The Morgan fingerprint density at radius 3 is 2.66 bits per heavy atom. The Morgan fingerprint density at radius 2 is 1.97 bits per heavy atom. The largest absolute Gasteiger partial charge is 0.495 e. The van der Waals surface area contributed by atoms with Gasteiger partial charge in [-0.3, -0.25) is 4.79 Å². The van der Waals surface area contributed by atoms with E-state index in [2.05, 4.69) is 34.7 Å². The van der Waals surface area contributed by atoms with Crippen molar-refractivity contribution in [3.05, 3.63) is 48.2 Å². The van der Waals surface area contributed by atoms with Crippen molar-refractivity contribution in [1.29, 1.82) is 0 Å². The summed E-state index contributed by atoms with van der Waals surface area (Å²) in [6.45, 7) is 1.68. The first-order valence-corrected chi connectivity index (χ1v) is 13.6. The van der Waals surface area contributed by atoms with Gasteiger partial charge in [-0.25, -0.2) is 0 Å². The van der Waals surface area contributed by atoms with Crippen LogP contribution < -0.4 is 20.7 Å². The second kappa shape index (κ2) is 13.9. The van der Waals surface area contributed by atoms with Crippen molar-refractivity contribution in [2.24, 2.45) is 0 Å². The maximum atomic E-state index is 13.5. The van der Waals surface area contributed by atoms with Crippen molar-refractivity contribution in [3.63, 3.8) is 0 Å². The van der Waals surface area contributed by atoms with E-state index in [0.717, 1.165) is 29.1 Å². The summed E-state index contributed by atoms with van der Waals surface area (Å²) in [5.74, 6) is 6.56. The van der Waals surface area contributed by atoms with Crippen molar-refractivity contribution < 1.29 is 22.7 Å². The molecule has 10 heteroatoms. The highest BCUT2D eigenvalue weighted by atomic mass is 32.2. The van der Waals surface area contributed by atoms with Crippen LogP contribution in [0.1, 0.15) is 31.9 Å². The van der Waals surface area contributed by atoms with E-state index in [4.69, 9.17) is 4.74 Å². The first-order valence-electron chi connectivity index (χ1n) is 12.4. The van der Waals surface area contributed by atoms with Crippen molar-refractivity contribution in [3.8, 4) is 17.6 Å². The molecule has 6 nitrogen and oxygen atoms in total. The average Bonchev–Trinajstić information content (AvgIpc) is 3.23. The first-order chi connectivity index (χ1) is 18.3. The van der Waals surface area contributed by atoms with Gasteiger partial charge in [-0.1, -0.05) is 25.3 Å². The molecule has 0 fully saturated rings. The number of halogens is 3. The molecule has 0 saturated carbocycles. The van der Waals surface area contributed by atoms with Crippen molar-refractivity contribution in [1.82, 2.24) is 9.88 Å². The van der Waals surface area contributed by atoms with Crippen LogP contribution in [0.5, 0.6) is 5.75 Å². The summed E-state index contributed by atoms with van der Waals surface area (Å²) in [6.07, 6.45) is 0.727. The normalized spacial score (nSPS) is 11.9. The molecular weight excluding hydrogens is 513 g/mol. The van der Waals surface area contributed by atoms with Gasteiger partial charge in [0.1, 0.15) is 12.3 Å². The molecule has 204 valence electrons. The van der Waals surface area contributed by atoms with Crippen LogP contribution in [0.4, 0.5) is 24.5 Å². The molecule has 0 bridgehead atoms. The van der Waals surface area contributed by atoms with Gasteiger partial charge in [0, 0.05) is 28.6 Å². The van der Waals surface area contributed by atoms with E-state index in [-0.39, 0.29) is 18.3 Å². The van der Waals surface area contributed by atoms with E-state index in [1.807, 2.05) is 30.5 Å². The summed E-state index contributed by atoms with van der Waals surface area (Å²) in [7, 11) is 1.58. The molecule has 3 rings (SSSR count). The zero-order valence-corrected chi connectivity index (χ0v) is 22.6. The summed E-state index contributed by atoms with van der Waals surface area (Å²) in [6, 6.07) is 12.8. The Balaban J connectivity index is 1.89. The van der Waals surface area contributed by atoms with Gasteiger partial charge in [-0.2, -0.15) is 13.2 Å². The Bertz CT molecular complexity index is 1280. The van der Waals surface area contributed by atoms with Crippen molar-refractivity contribution >= 4 is 40.4 Å². The Labute approximate surface area is 225 Å². The number of hydrogen-bond acceptors (Lipinski definition) is 5. The average molecular weight is 547 g/mol. The molecule has 3 N–H and O–H groups in total. The summed E-state index contributed by atoms with van der Waals surface area (Å²) >= 11 is 1.60. The van der Waals surface area contributed by atoms with Crippen LogP contribution in [0.25, 0.3) is 10.9 Å². The van der Waals surface area contributed by atoms with Crippen LogP contribution in [-0.4, -0.2) is 49.7 Å². The topological polar surface area (TPSA) is 67.3 Å². The summed E-state index contributed by atoms with van der Waals surface area (Å²) in [5, 5.41) is 9.99. The molecule has 38 heavy (non-hydrogen) atoms. The summed E-state index contributed by atoms with van der Waals surface area (Å²) < 4.78 is 47.2. The molecule has 0 spiro atoms. The molecule has 1 amide bonds. The fourth-order valence-electron chi connectivity index (χ4n) is 4.26. The number of ether oxygens (including phenoxy) is 1. The minimum atomic E-state index is -4.40. The second-order valence-corrected chi connectivity index (χ2v) is 9.56. The lowest BCUT2D eigenvalue weighted by Crippen LogP contribution is -2.25. The maximum Gasteiger partial charge on any atom is 0.406 e. The number of carbonyl (C=O) groups is 1. The molecule has 0 aliphatic rings. The van der Waals surface area contributed by atoms with Crippen LogP contribution >= 0.6 is 11.8 Å². The highest BCUT2D eigenvalue weighted by Gasteiger charge is 2.30. The van der Waals surface area contributed by atoms with Crippen LogP contribution in [0.3, 0.4) is 0 Å². The van der Waals surface area contributed by atoms with Crippen molar-refractivity contribution in [2.45, 2.75) is 49.8 Å². The first kappa shape index (κ1) is 29.1. The molecule has 1 atom stereocenters. The molecular formula is C28H33F3N4O2S. The molecule has 0 saturated heterocycles. The monoisotopic (exact) mass is 546 g/mol. The van der Waals surface area contributed by atoms with Crippen LogP contribution in [0.2, 0.25) is 0 Å². The Hall–Kier alpha value is -3.45. The number of benzene rings is 2. The third kappa shape index (κ3) is 8.02. The lowest BCUT2D eigenvalue weighted by atomic mass is 10.1. The van der Waals surface area contributed by atoms with Gasteiger partial charge in [0.25, 0.3) is 0 Å². The van der Waals surface area contributed by atoms with Gasteiger partial charge in [-0.05, 0) is 61.4 Å². The molecule has 2 aromatic carbocycles. The summed E-state index contributed by atoms with van der Waals surface area (Å²) in [4.78, 5) is 11.7. The van der Waals surface area contributed by atoms with E-state index in [1.165, 1.54) is 4.57 Å². The number of hydrogen-bond donors (Lipinski definition) is 3. The number of nitrogens with zero attached hydrogens (tertiary/aromatic N) is 1. The SMILES string of the molecule is CCCC(CCNC=O)Nc1cccc2c1cc(C#CCNc1ccc(SC)cc1OC)n2CC(F)(F)F. The van der Waals surface area contributed by atoms with E-state index in [0.29, 0.717) is 36.0 Å². The minimum Gasteiger partial charge on any atom is -0.495 e. The van der Waals surface area contributed by atoms with Crippen LogP contribution in [0.15, 0.2) is 47.4 Å². The number of anilines is 2. The fraction of sp³-hybridized carbons (Fsp3) is 0.393. The van der Waals surface area contributed by atoms with Gasteiger partial charge in [0.05, 0.1) is 30.6 Å². The van der Waals surface area contributed by atoms with Gasteiger partial charge in [0.15, 0.2) is 0 Å². The number of methoxy groups -OCH3 is 1. The van der Waals surface area contributed by atoms with Gasteiger partial charge >= 0.3 is 6.18 Å². The lowest BCUT2D eigenvalue weighted by Gasteiger charge is -2.20. The second-order valence-electron chi connectivity index (χ2n) is 8.68. The molecule has 0 radical (unpaired) electrons. The number of aromatic nitrogens is 1. The van der Waals surface area contributed by atoms with Crippen LogP contribution in [-0.2, 0) is 11.3 Å². The molecule has 1 unspecified atom stereocenters. The molecule has 0 aliphatic carbocycles. The third-order valence-corrected chi connectivity index (χ3v) is 6.72. The number of rotatable bonds is 13. The fourth-order valence-corrected chi connectivity index (χ4v) is 4.68. The highest BCUT2D eigenvalue weighted by Crippen LogP contribution is 2.31. The van der Waals surface area contributed by atoms with Crippen molar-refractivity contribution in [2.75, 3.05) is 37.1 Å². The molecule has 1 aromatic heterocycles. The number of nitrogens with one attached hydrogen (secondary N) is 3. The van der Waals surface area contributed by atoms with E-state index >= 15 is 0 Å². The predicted octanol–water partition coefficient (Wildman–Crippen LogP) is 6.11. The third-order valence-electron chi connectivity index (χ3n) is 5.99. The summed E-state index contributed by atoms with van der Waals surface area (Å²) in [5.41, 5.74) is 2.24. The number of amides is 1. The number of thioether (sulfide) groups is 1. The maximum absolute atomic E-state index is 13.5. The Kier molecular flexibility index (Phi) is 10.7. The Morgan fingerprint density at radius 1 is 1.16 bits per heavy atom. The number of carbonyl (C=O) groups excluding carboxylic acids is 1. The zero-order valence-electron chi connectivity index (χ0n) is 21.7. The lowest BCUT2D eigenvalue weighted by molar-refractivity contribution is -0.140. The molecule has 0 aliphatic heterocycles. The predicted molar refractivity (Wildman–Crippen MR) is 149 cm³/mol. The highest BCUT2D eigenvalue weighted by molar-refractivity contribution is 7.98. The standard InChI is InChI=1S/C28H33F3N4O2S/c1-4-7-20(13-15-32-19-36)34-24-9-5-10-26-23(24)16-21(35(26)18-28(29,30)31)8-6-14-33-25-12-11-22(38-3)17-27(25)37-2/h5,9-12,16-17,19-20,33-34H,4,7,13-15,18H2,1-3H3,(H,32,36). The van der Waals surface area contributed by atoms with E-state index < -0.39 is 12.7 Å². The minimum absolute atomic E-state index is 0.0650. The smallest absolute Gasteiger partial charge is 0.406 e. The number of alkyl halides is 3. The molecule has 3 aromatic rings.